The number of carbonyl (C=O) groups excluding carboxylic acids is 1. The number of thiocarbonyl (C=S) groups is 1. The molecule has 2 N–H and O–H groups in total. The lowest BCUT2D eigenvalue weighted by Gasteiger charge is -2.30. The molecule has 1 aliphatic heterocycles. The second-order valence-corrected chi connectivity index (χ2v) is 11.7. The van der Waals surface area contributed by atoms with Gasteiger partial charge in [0.05, 0.1) is 32.6 Å². The number of primary amides is 1. The van der Waals surface area contributed by atoms with E-state index in [0.717, 1.165) is 53.7 Å². The van der Waals surface area contributed by atoms with Crippen LogP contribution in [0.3, 0.4) is 0 Å². The predicted molar refractivity (Wildman–Crippen MR) is 173 cm³/mol. The van der Waals surface area contributed by atoms with Crippen LogP contribution in [0.2, 0.25) is 5.02 Å². The molecule has 0 bridgehead atoms. The number of imidazole rings is 1. The molecule has 1 amide bonds. The van der Waals surface area contributed by atoms with Gasteiger partial charge >= 0.3 is 0 Å². The number of hydrogen-bond donors (Lipinski definition) is 1. The van der Waals surface area contributed by atoms with Crippen LogP contribution in [0.25, 0.3) is 27.9 Å². The highest BCUT2D eigenvalue weighted by Gasteiger charge is 2.29. The van der Waals surface area contributed by atoms with Crippen LogP contribution in [0.5, 0.6) is 5.75 Å². The Hall–Kier alpha value is -3.89. The summed E-state index contributed by atoms with van der Waals surface area (Å²) in [5.41, 5.74) is 11.1. The zero-order chi connectivity index (χ0) is 30.1. The first-order valence-corrected chi connectivity index (χ1v) is 15.0. The number of aromatic nitrogens is 3. The Balaban J connectivity index is 1.27. The number of allylic oxidation sites excluding steroid dienone is 2. The van der Waals surface area contributed by atoms with Crippen LogP contribution < -0.4 is 10.5 Å². The molecule has 0 spiro atoms. The standard InChI is InChI=1S/C33H32ClN5O3S/c1-20(25-6-3-7-29(31(25)34)42-24-10-13-38(2)14-11-24)41-30-17-23(16-26(32(30)43)33(35)40)39-19-37-27-15-21(8-9-28(27)39)22-5-4-12-36-18-22/h3-9,12,15-20,24,30H,10-11,13-14H2,1-2H3,(H2,35,40)/t20-,30?/m1/s1. The summed E-state index contributed by atoms with van der Waals surface area (Å²) in [6.07, 6.45) is 9.70. The first-order chi connectivity index (χ1) is 20.8. The quantitative estimate of drug-likeness (QED) is 0.243. The van der Waals surface area contributed by atoms with Crippen LogP contribution in [-0.4, -0.2) is 62.6 Å². The van der Waals surface area contributed by atoms with Gasteiger partial charge in [0, 0.05) is 42.3 Å². The highest BCUT2D eigenvalue weighted by molar-refractivity contribution is 7.81. The van der Waals surface area contributed by atoms with E-state index in [4.69, 9.17) is 39.0 Å². The number of rotatable bonds is 8. The van der Waals surface area contributed by atoms with Crippen molar-refractivity contribution in [2.24, 2.45) is 5.73 Å². The van der Waals surface area contributed by atoms with Gasteiger partial charge < -0.3 is 20.1 Å². The highest BCUT2D eigenvalue weighted by atomic mass is 35.5. The van der Waals surface area contributed by atoms with Crippen molar-refractivity contribution >= 4 is 51.3 Å². The lowest BCUT2D eigenvalue weighted by atomic mass is 9.98. The van der Waals surface area contributed by atoms with E-state index in [1.54, 1.807) is 18.6 Å². The Morgan fingerprint density at radius 3 is 2.70 bits per heavy atom. The van der Waals surface area contributed by atoms with E-state index in [-0.39, 0.29) is 11.7 Å². The van der Waals surface area contributed by atoms with Crippen LogP contribution in [0.15, 0.2) is 85.0 Å². The van der Waals surface area contributed by atoms with Crippen molar-refractivity contribution < 1.29 is 14.3 Å². The number of nitrogens with zero attached hydrogens (tertiary/aromatic N) is 4. The number of nitrogens with two attached hydrogens (primary N) is 1. The molecule has 0 radical (unpaired) electrons. The Morgan fingerprint density at radius 1 is 1.14 bits per heavy atom. The molecule has 1 fully saturated rings. The Kier molecular flexibility index (Phi) is 8.41. The molecule has 10 heteroatoms. The summed E-state index contributed by atoms with van der Waals surface area (Å²) < 4.78 is 14.7. The highest BCUT2D eigenvalue weighted by Crippen LogP contribution is 2.37. The van der Waals surface area contributed by atoms with Gasteiger partial charge in [-0.2, -0.15) is 0 Å². The molecule has 8 nitrogen and oxygen atoms in total. The summed E-state index contributed by atoms with van der Waals surface area (Å²) in [4.78, 5) is 23.9. The Morgan fingerprint density at radius 2 is 1.95 bits per heavy atom. The van der Waals surface area contributed by atoms with E-state index < -0.39 is 18.1 Å². The number of amides is 1. The maximum Gasteiger partial charge on any atom is 0.250 e. The second kappa shape index (κ2) is 12.4. The summed E-state index contributed by atoms with van der Waals surface area (Å²) in [5, 5.41) is 0.510. The van der Waals surface area contributed by atoms with Gasteiger partial charge in [0.2, 0.25) is 5.91 Å². The molecule has 2 atom stereocenters. The van der Waals surface area contributed by atoms with Crippen LogP contribution >= 0.6 is 23.8 Å². The van der Waals surface area contributed by atoms with E-state index in [1.807, 2.05) is 72.3 Å². The molecular weight excluding hydrogens is 582 g/mol. The fourth-order valence-electron chi connectivity index (χ4n) is 5.53. The van der Waals surface area contributed by atoms with Crippen molar-refractivity contribution in [3.8, 4) is 16.9 Å². The number of ether oxygens (including phenoxy) is 2. The predicted octanol–water partition coefficient (Wildman–Crippen LogP) is 6.01. The number of fused-ring (bicyclic) bond motifs is 1. The van der Waals surface area contributed by atoms with Gasteiger partial charge in [-0.05, 0) is 68.8 Å². The first kappa shape index (κ1) is 29.2. The molecule has 1 saturated heterocycles. The molecule has 4 aromatic rings. The number of hydrogen-bond acceptors (Lipinski definition) is 7. The normalized spacial score (nSPS) is 18.8. The minimum atomic E-state index is -0.700. The maximum absolute atomic E-state index is 12.5. The molecule has 1 unspecified atom stereocenters. The molecule has 220 valence electrons. The fourth-order valence-corrected chi connectivity index (χ4v) is 6.14. The number of pyridine rings is 1. The molecule has 2 aliphatic rings. The SMILES string of the molecule is C[C@@H](OC1C=C(n2cnc3cc(-c4cccnc4)ccc32)C=C(C(N)=O)C1=S)c1cccc(OC2CCN(C)CC2)c1Cl. The lowest BCUT2D eigenvalue weighted by Crippen LogP contribution is -2.35. The second-order valence-electron chi connectivity index (χ2n) is 10.9. The number of benzene rings is 2. The van der Waals surface area contributed by atoms with Gasteiger partial charge in [0.25, 0.3) is 0 Å². The van der Waals surface area contributed by atoms with Crippen molar-refractivity contribution in [2.75, 3.05) is 20.1 Å². The number of carbonyl (C=O) groups is 1. The van der Waals surface area contributed by atoms with Crippen molar-refractivity contribution in [1.82, 2.24) is 19.4 Å². The van der Waals surface area contributed by atoms with Gasteiger partial charge in [-0.3, -0.25) is 14.3 Å². The van der Waals surface area contributed by atoms with Gasteiger partial charge in [0.15, 0.2) is 0 Å². The Labute approximate surface area is 260 Å². The van der Waals surface area contributed by atoms with Gasteiger partial charge in [0.1, 0.15) is 24.3 Å². The van der Waals surface area contributed by atoms with Crippen LogP contribution in [0, 0.1) is 0 Å². The largest absolute Gasteiger partial charge is 0.489 e. The molecular formula is C33H32ClN5O3S. The fraction of sp³-hybridized carbons (Fsp3) is 0.273. The molecule has 3 heterocycles. The summed E-state index contributed by atoms with van der Waals surface area (Å²) in [7, 11) is 2.12. The third-order valence-corrected chi connectivity index (χ3v) is 8.82. The average Bonchev–Trinajstić information content (AvgIpc) is 3.44. The minimum absolute atomic E-state index is 0.116. The van der Waals surface area contributed by atoms with Crippen molar-refractivity contribution in [2.45, 2.75) is 38.1 Å². The van der Waals surface area contributed by atoms with Gasteiger partial charge in [-0.15, -0.1) is 0 Å². The van der Waals surface area contributed by atoms with E-state index in [9.17, 15) is 4.79 Å². The van der Waals surface area contributed by atoms with Crippen LogP contribution in [0.4, 0.5) is 0 Å². The average molecular weight is 614 g/mol. The van der Waals surface area contributed by atoms with Crippen LogP contribution in [0.1, 0.15) is 31.4 Å². The zero-order valence-electron chi connectivity index (χ0n) is 23.9. The van der Waals surface area contributed by atoms with E-state index in [2.05, 4.69) is 21.9 Å². The summed E-state index contributed by atoms with van der Waals surface area (Å²) in [5.74, 6) is 0.0200. The lowest BCUT2D eigenvalue weighted by molar-refractivity contribution is -0.114. The van der Waals surface area contributed by atoms with Gasteiger partial charge in [-0.1, -0.05) is 48.1 Å². The summed E-state index contributed by atoms with van der Waals surface area (Å²) in [6, 6.07) is 15.6. The molecule has 43 heavy (non-hydrogen) atoms. The molecule has 2 aromatic heterocycles. The van der Waals surface area contributed by atoms with E-state index in [1.165, 1.54) is 0 Å². The minimum Gasteiger partial charge on any atom is -0.489 e. The smallest absolute Gasteiger partial charge is 0.250 e. The Bertz CT molecular complexity index is 1740. The summed E-state index contributed by atoms with van der Waals surface area (Å²) in [6.45, 7) is 3.89. The monoisotopic (exact) mass is 613 g/mol. The number of piperidine rings is 1. The molecule has 1 aliphatic carbocycles. The maximum atomic E-state index is 12.5. The summed E-state index contributed by atoms with van der Waals surface area (Å²) >= 11 is 12.5. The number of likely N-dealkylation sites (tertiary alicyclic amines) is 1. The number of halogens is 1. The van der Waals surface area contributed by atoms with E-state index in [0.29, 0.717) is 21.3 Å². The zero-order valence-corrected chi connectivity index (χ0v) is 25.5. The topological polar surface area (TPSA) is 95.5 Å². The van der Waals surface area contributed by atoms with Crippen molar-refractivity contribution in [1.29, 1.82) is 0 Å². The van der Waals surface area contributed by atoms with Crippen molar-refractivity contribution in [3.05, 3.63) is 95.6 Å². The van der Waals surface area contributed by atoms with Crippen LogP contribution in [-0.2, 0) is 9.53 Å². The third kappa shape index (κ3) is 6.12. The van der Waals surface area contributed by atoms with E-state index >= 15 is 0 Å². The van der Waals surface area contributed by atoms with Crippen molar-refractivity contribution in [3.63, 3.8) is 0 Å². The first-order valence-electron chi connectivity index (χ1n) is 14.2. The molecule has 2 aromatic carbocycles. The molecule has 6 rings (SSSR count). The molecule has 0 saturated carbocycles. The third-order valence-electron chi connectivity index (χ3n) is 7.97. The van der Waals surface area contributed by atoms with Gasteiger partial charge in [-0.25, -0.2) is 4.98 Å².